The fourth-order valence-corrected chi connectivity index (χ4v) is 2.47. The number of hydrogen-bond donors (Lipinski definition) is 1. The molecule has 0 fully saturated rings. The number of aromatic hydroxyl groups is 1. The van der Waals surface area contributed by atoms with Gasteiger partial charge in [0.15, 0.2) is 5.82 Å². The molecule has 0 saturated heterocycles. The zero-order valence-corrected chi connectivity index (χ0v) is 12.9. The average Bonchev–Trinajstić information content (AvgIpc) is 2.91. The molecule has 0 saturated carbocycles. The van der Waals surface area contributed by atoms with Crippen LogP contribution in [0.5, 0.6) is 5.75 Å². The molecule has 0 spiro atoms. The lowest BCUT2D eigenvalue weighted by atomic mass is 10.2. The Labute approximate surface area is 140 Å². The van der Waals surface area contributed by atoms with E-state index in [4.69, 9.17) is 16.3 Å². The van der Waals surface area contributed by atoms with Crippen molar-refractivity contribution in [3.8, 4) is 5.75 Å². The van der Waals surface area contributed by atoms with E-state index in [2.05, 4.69) is 4.98 Å². The lowest BCUT2D eigenvalue weighted by molar-refractivity contribution is 0.0385. The second kappa shape index (κ2) is 6.45. The third-order valence-electron chi connectivity index (χ3n) is 3.38. The SMILES string of the molecule is O=C(OCc1nc2ccccc2n1C(F)F)c1ccc(Cl)cc1O. The first-order chi connectivity index (χ1) is 11.5. The van der Waals surface area contributed by atoms with Gasteiger partial charge in [0.25, 0.3) is 0 Å². The molecule has 0 bridgehead atoms. The molecular formula is C16H11ClF2N2O3. The number of ether oxygens (including phenoxy) is 1. The van der Waals surface area contributed by atoms with E-state index in [1.54, 1.807) is 18.2 Å². The van der Waals surface area contributed by atoms with E-state index >= 15 is 0 Å². The van der Waals surface area contributed by atoms with E-state index < -0.39 is 19.1 Å². The molecule has 124 valence electrons. The number of alkyl halides is 2. The zero-order chi connectivity index (χ0) is 17.3. The number of halogens is 3. The Morgan fingerprint density at radius 2 is 2.04 bits per heavy atom. The number of imidazole rings is 1. The van der Waals surface area contributed by atoms with Crippen LogP contribution >= 0.6 is 11.6 Å². The number of carbonyl (C=O) groups excluding carboxylic acids is 1. The van der Waals surface area contributed by atoms with Crippen molar-refractivity contribution in [3.05, 3.63) is 58.9 Å². The molecule has 0 aliphatic heterocycles. The van der Waals surface area contributed by atoms with Crippen LogP contribution in [-0.4, -0.2) is 20.6 Å². The monoisotopic (exact) mass is 352 g/mol. The standard InChI is InChI=1S/C16H11ClF2N2O3/c17-9-5-6-10(13(22)7-9)15(23)24-8-14-20-11-3-1-2-4-12(11)21(14)16(18)19/h1-7,16,22H,8H2. The first-order valence-corrected chi connectivity index (χ1v) is 7.25. The summed E-state index contributed by atoms with van der Waals surface area (Å²) in [6.07, 6.45) is 0. The summed E-state index contributed by atoms with van der Waals surface area (Å²) in [4.78, 5) is 16.1. The normalized spacial score (nSPS) is 11.2. The number of benzene rings is 2. The van der Waals surface area contributed by atoms with Crippen molar-refractivity contribution in [2.24, 2.45) is 0 Å². The number of phenols is 1. The fourth-order valence-electron chi connectivity index (χ4n) is 2.30. The molecule has 1 aromatic heterocycles. The second-order valence-electron chi connectivity index (χ2n) is 4.90. The van der Waals surface area contributed by atoms with Crippen molar-refractivity contribution in [2.75, 3.05) is 0 Å². The molecule has 3 aromatic rings. The molecule has 0 atom stereocenters. The molecule has 1 N–H and O–H groups in total. The van der Waals surface area contributed by atoms with E-state index in [9.17, 15) is 18.7 Å². The molecule has 8 heteroatoms. The minimum Gasteiger partial charge on any atom is -0.507 e. The van der Waals surface area contributed by atoms with Crippen molar-refractivity contribution in [3.63, 3.8) is 0 Å². The predicted molar refractivity (Wildman–Crippen MR) is 83.2 cm³/mol. The topological polar surface area (TPSA) is 64.3 Å². The summed E-state index contributed by atoms with van der Waals surface area (Å²) in [6.45, 7) is -3.28. The average molecular weight is 353 g/mol. The second-order valence-corrected chi connectivity index (χ2v) is 5.34. The fraction of sp³-hybridized carbons (Fsp3) is 0.125. The largest absolute Gasteiger partial charge is 0.507 e. The first-order valence-electron chi connectivity index (χ1n) is 6.87. The molecule has 0 aliphatic rings. The van der Waals surface area contributed by atoms with Gasteiger partial charge in [-0.15, -0.1) is 0 Å². The van der Waals surface area contributed by atoms with E-state index in [0.717, 1.165) is 0 Å². The molecule has 0 aliphatic carbocycles. The summed E-state index contributed by atoms with van der Waals surface area (Å²) >= 11 is 5.69. The minimum absolute atomic E-state index is 0.0898. The van der Waals surface area contributed by atoms with Crippen LogP contribution in [0, 0.1) is 0 Å². The van der Waals surface area contributed by atoms with Crippen molar-refractivity contribution in [1.29, 1.82) is 0 Å². The summed E-state index contributed by atoms with van der Waals surface area (Å²) in [5.41, 5.74) is 0.505. The molecule has 1 heterocycles. The maximum atomic E-state index is 13.3. The highest BCUT2D eigenvalue weighted by Crippen LogP contribution is 2.25. The number of carbonyl (C=O) groups is 1. The van der Waals surface area contributed by atoms with Gasteiger partial charge in [0, 0.05) is 5.02 Å². The summed E-state index contributed by atoms with van der Waals surface area (Å²) in [7, 11) is 0. The van der Waals surface area contributed by atoms with Gasteiger partial charge in [-0.3, -0.25) is 4.57 Å². The minimum atomic E-state index is -2.82. The molecule has 0 amide bonds. The van der Waals surface area contributed by atoms with Gasteiger partial charge in [-0.1, -0.05) is 23.7 Å². The zero-order valence-electron chi connectivity index (χ0n) is 12.1. The van der Waals surface area contributed by atoms with Crippen LogP contribution in [0.25, 0.3) is 11.0 Å². The third kappa shape index (κ3) is 3.03. The van der Waals surface area contributed by atoms with Gasteiger partial charge in [0.05, 0.1) is 11.0 Å². The van der Waals surface area contributed by atoms with Crippen molar-refractivity contribution < 1.29 is 23.4 Å². The smallest absolute Gasteiger partial charge is 0.342 e. The maximum Gasteiger partial charge on any atom is 0.342 e. The quantitative estimate of drug-likeness (QED) is 0.716. The predicted octanol–water partition coefficient (Wildman–Crippen LogP) is 4.15. The van der Waals surface area contributed by atoms with Crippen molar-refractivity contribution in [1.82, 2.24) is 9.55 Å². The Balaban J connectivity index is 1.85. The van der Waals surface area contributed by atoms with Gasteiger partial charge in [0.2, 0.25) is 0 Å². The summed E-state index contributed by atoms with van der Waals surface area (Å²) in [5, 5.41) is 9.94. The Morgan fingerprint density at radius 1 is 1.29 bits per heavy atom. The van der Waals surface area contributed by atoms with Crippen LogP contribution in [0.3, 0.4) is 0 Å². The lowest BCUT2D eigenvalue weighted by Crippen LogP contribution is -2.10. The van der Waals surface area contributed by atoms with Gasteiger partial charge in [0.1, 0.15) is 17.9 Å². The Kier molecular flexibility index (Phi) is 4.35. The number of hydrogen-bond acceptors (Lipinski definition) is 4. The van der Waals surface area contributed by atoms with Crippen molar-refractivity contribution >= 4 is 28.6 Å². The van der Waals surface area contributed by atoms with Crippen LogP contribution in [0.1, 0.15) is 22.7 Å². The highest BCUT2D eigenvalue weighted by Gasteiger charge is 2.20. The Morgan fingerprint density at radius 3 is 2.75 bits per heavy atom. The molecular weight excluding hydrogens is 342 g/mol. The molecule has 3 rings (SSSR count). The summed E-state index contributed by atoms with van der Waals surface area (Å²) in [6, 6.07) is 10.3. The van der Waals surface area contributed by atoms with Gasteiger partial charge in [-0.2, -0.15) is 8.78 Å². The highest BCUT2D eigenvalue weighted by molar-refractivity contribution is 6.30. The van der Waals surface area contributed by atoms with Gasteiger partial charge < -0.3 is 9.84 Å². The van der Waals surface area contributed by atoms with Crippen LogP contribution in [0.2, 0.25) is 5.02 Å². The number of phenolic OH excluding ortho intramolecular Hbond substituents is 1. The number of esters is 1. The highest BCUT2D eigenvalue weighted by atomic mass is 35.5. The summed E-state index contributed by atoms with van der Waals surface area (Å²) < 4.78 is 32.2. The first kappa shape index (κ1) is 16.2. The molecule has 5 nitrogen and oxygen atoms in total. The third-order valence-corrected chi connectivity index (χ3v) is 3.61. The van der Waals surface area contributed by atoms with E-state index in [1.807, 2.05) is 0 Å². The van der Waals surface area contributed by atoms with Crippen LogP contribution in [0.4, 0.5) is 8.78 Å². The maximum absolute atomic E-state index is 13.3. The van der Waals surface area contributed by atoms with E-state index in [1.165, 1.54) is 24.3 Å². The number of rotatable bonds is 4. The number of fused-ring (bicyclic) bond motifs is 1. The van der Waals surface area contributed by atoms with E-state index in [-0.39, 0.29) is 27.7 Å². The number of nitrogens with zero attached hydrogens (tertiary/aromatic N) is 2. The van der Waals surface area contributed by atoms with Crippen LogP contribution in [-0.2, 0) is 11.3 Å². The number of para-hydroxylation sites is 2. The molecule has 0 radical (unpaired) electrons. The molecule has 24 heavy (non-hydrogen) atoms. The molecule has 2 aromatic carbocycles. The van der Waals surface area contributed by atoms with Crippen LogP contribution < -0.4 is 0 Å². The van der Waals surface area contributed by atoms with E-state index in [0.29, 0.717) is 10.1 Å². The Bertz CT molecular complexity index is 911. The molecule has 0 unspecified atom stereocenters. The summed E-state index contributed by atoms with van der Waals surface area (Å²) in [5.74, 6) is -1.31. The Hall–Kier alpha value is -2.67. The van der Waals surface area contributed by atoms with Gasteiger partial charge in [-0.25, -0.2) is 9.78 Å². The van der Waals surface area contributed by atoms with Gasteiger partial charge >= 0.3 is 12.5 Å². The van der Waals surface area contributed by atoms with Crippen molar-refractivity contribution in [2.45, 2.75) is 13.2 Å². The van der Waals surface area contributed by atoms with Crippen LogP contribution in [0.15, 0.2) is 42.5 Å². The van der Waals surface area contributed by atoms with Gasteiger partial charge in [-0.05, 0) is 30.3 Å². The lowest BCUT2D eigenvalue weighted by Gasteiger charge is -2.09. The number of aromatic nitrogens is 2.